The van der Waals surface area contributed by atoms with E-state index in [0.29, 0.717) is 30.7 Å². The van der Waals surface area contributed by atoms with E-state index in [-0.39, 0.29) is 11.8 Å². The van der Waals surface area contributed by atoms with E-state index in [4.69, 9.17) is 0 Å². The molecule has 2 aliphatic heterocycles. The number of benzene rings is 1. The van der Waals surface area contributed by atoms with E-state index in [1.165, 1.54) is 12.8 Å². The number of aryl methyl sites for hydroxylation is 1. The number of nitrogens with one attached hydrogen (secondary N) is 1. The fourth-order valence-corrected chi connectivity index (χ4v) is 4.28. The van der Waals surface area contributed by atoms with E-state index in [9.17, 15) is 9.59 Å². The largest absolute Gasteiger partial charge is 0.331 e. The highest BCUT2D eigenvalue weighted by Gasteiger charge is 2.39. The molecule has 5 nitrogen and oxygen atoms in total. The molecule has 26 heavy (non-hydrogen) atoms. The van der Waals surface area contributed by atoms with Gasteiger partial charge in [-0.2, -0.15) is 0 Å². The number of anilines is 1. The van der Waals surface area contributed by atoms with Crippen LogP contribution in [0.5, 0.6) is 0 Å². The van der Waals surface area contributed by atoms with Gasteiger partial charge in [0.25, 0.3) is 5.91 Å². The van der Waals surface area contributed by atoms with Crippen LogP contribution in [0.15, 0.2) is 24.4 Å². The number of rotatable bonds is 3. The molecule has 1 aliphatic carbocycles. The molecule has 3 aliphatic rings. The van der Waals surface area contributed by atoms with Gasteiger partial charge in [0.2, 0.25) is 5.91 Å². The van der Waals surface area contributed by atoms with Gasteiger partial charge in [0.05, 0.1) is 6.42 Å². The van der Waals surface area contributed by atoms with Gasteiger partial charge in [-0.05, 0) is 61.4 Å². The lowest BCUT2D eigenvalue weighted by molar-refractivity contribution is -0.115. The lowest BCUT2D eigenvalue weighted by Gasteiger charge is -2.24. The lowest BCUT2D eigenvalue weighted by atomic mass is 9.96. The molecule has 1 fully saturated rings. The molecule has 0 radical (unpaired) electrons. The quantitative estimate of drug-likeness (QED) is 0.926. The van der Waals surface area contributed by atoms with Crippen LogP contribution in [0.4, 0.5) is 5.82 Å². The summed E-state index contributed by atoms with van der Waals surface area (Å²) in [6, 6.07) is 6.53. The van der Waals surface area contributed by atoms with Crippen LogP contribution < -0.4 is 5.32 Å². The number of pyridine rings is 1. The zero-order valence-electron chi connectivity index (χ0n) is 15.0. The standard InChI is InChI=1S/C21H21N3O2/c1-11-5-14(16-7-15-8-18(25)23-20(15)22-9-16)6-17-10-24(21(26)19(11)17)12(2)13-3-4-13/h5-7,9,12-13H,3-4,8,10H2,1-2H3,(H,22,23,25). The van der Waals surface area contributed by atoms with Crippen LogP contribution in [-0.2, 0) is 17.8 Å². The molecular weight excluding hydrogens is 326 g/mol. The first kappa shape index (κ1) is 15.6. The molecule has 0 spiro atoms. The van der Waals surface area contributed by atoms with Gasteiger partial charge in [-0.15, -0.1) is 0 Å². The fraction of sp³-hybridized carbons (Fsp3) is 0.381. The van der Waals surface area contributed by atoms with E-state index in [2.05, 4.69) is 29.4 Å². The molecule has 3 heterocycles. The van der Waals surface area contributed by atoms with Crippen molar-refractivity contribution in [2.75, 3.05) is 5.32 Å². The molecule has 1 atom stereocenters. The predicted molar refractivity (Wildman–Crippen MR) is 98.8 cm³/mol. The third kappa shape index (κ3) is 2.34. The topological polar surface area (TPSA) is 62.3 Å². The molecule has 1 saturated carbocycles. The fourth-order valence-electron chi connectivity index (χ4n) is 4.28. The summed E-state index contributed by atoms with van der Waals surface area (Å²) >= 11 is 0. The monoisotopic (exact) mass is 347 g/mol. The Hall–Kier alpha value is -2.69. The van der Waals surface area contributed by atoms with Crippen LogP contribution in [0.2, 0.25) is 0 Å². The maximum absolute atomic E-state index is 12.9. The van der Waals surface area contributed by atoms with Gasteiger partial charge in [-0.25, -0.2) is 4.98 Å². The first-order valence-electron chi connectivity index (χ1n) is 9.25. The molecule has 1 aromatic carbocycles. The molecule has 1 aromatic heterocycles. The number of aromatic nitrogens is 1. The lowest BCUT2D eigenvalue weighted by Crippen LogP contribution is -2.34. The van der Waals surface area contributed by atoms with Crippen molar-refractivity contribution in [2.45, 2.75) is 45.7 Å². The Balaban J connectivity index is 1.51. The molecule has 0 bridgehead atoms. The number of amides is 2. The average Bonchev–Trinajstić information content (AvgIpc) is 3.31. The highest BCUT2D eigenvalue weighted by molar-refractivity contribution is 6.01. The van der Waals surface area contributed by atoms with Crippen molar-refractivity contribution in [1.82, 2.24) is 9.88 Å². The second-order valence-corrected chi connectivity index (χ2v) is 7.80. The number of carbonyl (C=O) groups is 2. The van der Waals surface area contributed by atoms with Crippen molar-refractivity contribution in [2.24, 2.45) is 5.92 Å². The Labute approximate surface area is 152 Å². The summed E-state index contributed by atoms with van der Waals surface area (Å²) in [6.45, 7) is 4.88. The highest BCUT2D eigenvalue weighted by Crippen LogP contribution is 2.40. The first-order chi connectivity index (χ1) is 12.5. The highest BCUT2D eigenvalue weighted by atomic mass is 16.2. The molecule has 132 valence electrons. The van der Waals surface area contributed by atoms with Crippen LogP contribution in [0.3, 0.4) is 0 Å². The minimum atomic E-state index is -0.00918. The van der Waals surface area contributed by atoms with E-state index in [1.54, 1.807) is 6.20 Å². The SMILES string of the molecule is Cc1cc(-c2cnc3c(c2)CC(=O)N3)cc2c1C(=O)N(C(C)C1CC1)C2. The van der Waals surface area contributed by atoms with E-state index in [0.717, 1.165) is 33.4 Å². The number of fused-ring (bicyclic) bond motifs is 2. The number of nitrogens with zero attached hydrogens (tertiary/aromatic N) is 2. The second-order valence-electron chi connectivity index (χ2n) is 7.80. The summed E-state index contributed by atoms with van der Waals surface area (Å²) < 4.78 is 0. The number of hydrogen-bond donors (Lipinski definition) is 1. The third-order valence-corrected chi connectivity index (χ3v) is 5.94. The van der Waals surface area contributed by atoms with Gasteiger partial charge in [0, 0.05) is 35.5 Å². The van der Waals surface area contributed by atoms with E-state index in [1.807, 2.05) is 17.9 Å². The zero-order valence-corrected chi connectivity index (χ0v) is 15.0. The molecule has 0 saturated heterocycles. The molecular formula is C21H21N3O2. The summed E-state index contributed by atoms with van der Waals surface area (Å²) in [5, 5.41) is 2.77. The Kier molecular flexibility index (Phi) is 3.23. The molecule has 1 unspecified atom stereocenters. The van der Waals surface area contributed by atoms with Gasteiger partial charge in [0.15, 0.2) is 0 Å². The van der Waals surface area contributed by atoms with Crippen molar-refractivity contribution in [3.63, 3.8) is 0 Å². The smallest absolute Gasteiger partial charge is 0.255 e. The van der Waals surface area contributed by atoms with Crippen molar-refractivity contribution in [3.8, 4) is 11.1 Å². The van der Waals surface area contributed by atoms with Gasteiger partial charge in [0.1, 0.15) is 5.82 Å². The average molecular weight is 347 g/mol. The van der Waals surface area contributed by atoms with Crippen molar-refractivity contribution >= 4 is 17.6 Å². The number of hydrogen-bond acceptors (Lipinski definition) is 3. The third-order valence-electron chi connectivity index (χ3n) is 5.94. The molecule has 2 amide bonds. The van der Waals surface area contributed by atoms with E-state index >= 15 is 0 Å². The minimum absolute atomic E-state index is 0.00918. The minimum Gasteiger partial charge on any atom is -0.331 e. The van der Waals surface area contributed by atoms with Gasteiger partial charge >= 0.3 is 0 Å². The maximum atomic E-state index is 12.9. The molecule has 1 N–H and O–H groups in total. The Morgan fingerprint density at radius 3 is 2.69 bits per heavy atom. The van der Waals surface area contributed by atoms with Crippen LogP contribution in [0.25, 0.3) is 11.1 Å². The zero-order chi connectivity index (χ0) is 18.0. The predicted octanol–water partition coefficient (Wildman–Crippen LogP) is 3.31. The Bertz CT molecular complexity index is 962. The normalized spacial score (nSPS) is 19.4. The van der Waals surface area contributed by atoms with Crippen molar-refractivity contribution in [3.05, 3.63) is 46.6 Å². The summed E-state index contributed by atoms with van der Waals surface area (Å²) in [7, 11) is 0. The van der Waals surface area contributed by atoms with E-state index < -0.39 is 0 Å². The van der Waals surface area contributed by atoms with Crippen LogP contribution in [-0.4, -0.2) is 27.7 Å². The van der Waals surface area contributed by atoms with Crippen LogP contribution in [0.1, 0.15) is 46.8 Å². The van der Waals surface area contributed by atoms with Crippen LogP contribution >= 0.6 is 0 Å². The summed E-state index contributed by atoms with van der Waals surface area (Å²) in [5.41, 5.74) is 5.98. The molecule has 5 heteroatoms. The second kappa shape index (κ2) is 5.40. The van der Waals surface area contributed by atoms with Crippen molar-refractivity contribution < 1.29 is 9.59 Å². The molecule has 2 aromatic rings. The number of carbonyl (C=O) groups excluding carboxylic acids is 2. The van der Waals surface area contributed by atoms with Gasteiger partial charge < -0.3 is 10.2 Å². The summed E-state index contributed by atoms with van der Waals surface area (Å²) in [5.74, 6) is 1.49. The Morgan fingerprint density at radius 2 is 1.92 bits per heavy atom. The van der Waals surface area contributed by atoms with Gasteiger partial charge in [-0.1, -0.05) is 6.07 Å². The maximum Gasteiger partial charge on any atom is 0.255 e. The van der Waals surface area contributed by atoms with Crippen LogP contribution in [0, 0.1) is 12.8 Å². The molecule has 5 rings (SSSR count). The summed E-state index contributed by atoms with van der Waals surface area (Å²) in [6.07, 6.45) is 4.65. The van der Waals surface area contributed by atoms with Gasteiger partial charge in [-0.3, -0.25) is 9.59 Å². The first-order valence-corrected chi connectivity index (χ1v) is 9.25. The Morgan fingerprint density at radius 1 is 1.15 bits per heavy atom. The van der Waals surface area contributed by atoms with Crippen molar-refractivity contribution in [1.29, 1.82) is 0 Å². The summed E-state index contributed by atoms with van der Waals surface area (Å²) in [4.78, 5) is 30.9.